The van der Waals surface area contributed by atoms with Gasteiger partial charge in [-0.15, -0.1) is 0 Å². The van der Waals surface area contributed by atoms with E-state index in [1.54, 1.807) is 39.5 Å². The third-order valence-electron chi connectivity index (χ3n) is 10.4. The zero-order valence-corrected chi connectivity index (χ0v) is 33.4. The van der Waals surface area contributed by atoms with Crippen LogP contribution in [-0.4, -0.2) is 114 Å². The molecule has 2 heterocycles. The first-order chi connectivity index (χ1) is 26.6. The number of nitrogens with zero attached hydrogens (tertiary/aromatic N) is 2. The van der Waals surface area contributed by atoms with Crippen LogP contribution in [0, 0.1) is 11.8 Å². The molecule has 1 aromatic carbocycles. The van der Waals surface area contributed by atoms with Crippen LogP contribution in [0.2, 0.25) is 0 Å². The largest absolute Gasteiger partial charge is 0.469 e. The molecule has 0 radical (unpaired) electrons. The number of benzene rings is 1. The second-order valence-corrected chi connectivity index (χ2v) is 15.6. The topological polar surface area (TPSA) is 210 Å². The van der Waals surface area contributed by atoms with Crippen LogP contribution in [0.25, 0.3) is 0 Å². The summed E-state index contributed by atoms with van der Waals surface area (Å²) in [6.07, 6.45) is 1.87. The Morgan fingerprint density at radius 3 is 2.14 bits per heavy atom. The Labute approximate surface area is 328 Å². The average Bonchev–Trinajstić information content (AvgIpc) is 3.90. The van der Waals surface area contributed by atoms with Crippen molar-refractivity contribution in [2.24, 2.45) is 11.8 Å². The van der Waals surface area contributed by atoms with Gasteiger partial charge in [-0.2, -0.15) is 0 Å². The lowest BCUT2D eigenvalue weighted by atomic mass is 9.98. The molecule has 2 unspecified atom stereocenters. The van der Waals surface area contributed by atoms with E-state index in [0.29, 0.717) is 32.4 Å². The quantitative estimate of drug-likeness (QED) is 0.0966. The molecule has 3 aliphatic rings. The predicted octanol–water partition coefficient (Wildman–Crippen LogP) is 1.91. The lowest BCUT2D eigenvalue weighted by Crippen LogP contribution is -2.59. The predicted molar refractivity (Wildman–Crippen MR) is 203 cm³/mol. The molecule has 1 saturated heterocycles. The zero-order valence-electron chi connectivity index (χ0n) is 33.4. The Hall–Kier alpha value is -5.02. The number of nitrogens with one attached hydrogen (secondary N) is 4. The Bertz CT molecular complexity index is 1630. The number of hydrogen-bond acceptors (Lipinski definition) is 10. The molecule has 56 heavy (non-hydrogen) atoms. The molecule has 16 nitrogen and oxygen atoms in total. The highest BCUT2D eigenvalue weighted by Gasteiger charge is 2.46. The number of amides is 6. The molecule has 0 spiro atoms. The summed E-state index contributed by atoms with van der Waals surface area (Å²) in [4.78, 5) is 108. The van der Waals surface area contributed by atoms with Crippen LogP contribution in [0.15, 0.2) is 24.3 Å². The minimum Gasteiger partial charge on any atom is -0.469 e. The maximum Gasteiger partial charge on any atom is 0.410 e. The van der Waals surface area contributed by atoms with E-state index >= 15 is 0 Å². The van der Waals surface area contributed by atoms with Crippen LogP contribution < -0.4 is 21.3 Å². The van der Waals surface area contributed by atoms with E-state index in [4.69, 9.17) is 4.74 Å². The van der Waals surface area contributed by atoms with Crippen LogP contribution in [0.5, 0.6) is 0 Å². The van der Waals surface area contributed by atoms with E-state index in [1.807, 2.05) is 24.3 Å². The average molecular weight is 783 g/mol. The molecule has 308 valence electrons. The molecule has 1 aromatic rings. The normalized spacial score (nSPS) is 19.3. The molecule has 0 aromatic heterocycles. The maximum absolute atomic E-state index is 14.4. The minimum atomic E-state index is -1.19. The number of fused-ring (bicyclic) bond motifs is 1. The fraction of sp³-hybridized carbons (Fsp3) is 0.650. The number of ether oxygens (including phenoxy) is 2. The summed E-state index contributed by atoms with van der Waals surface area (Å²) >= 11 is 0. The maximum atomic E-state index is 14.4. The minimum absolute atomic E-state index is 0.0590. The van der Waals surface area contributed by atoms with E-state index in [-0.39, 0.29) is 56.1 Å². The summed E-state index contributed by atoms with van der Waals surface area (Å²) in [5, 5.41) is 10.8. The van der Waals surface area contributed by atoms with Crippen LogP contribution in [0.3, 0.4) is 0 Å². The Morgan fingerprint density at radius 2 is 1.52 bits per heavy atom. The molecule has 5 atom stereocenters. The summed E-state index contributed by atoms with van der Waals surface area (Å²) in [7, 11) is 1.29. The highest BCUT2D eigenvalue weighted by atomic mass is 16.6. The van der Waals surface area contributed by atoms with Crippen molar-refractivity contribution in [2.45, 2.75) is 135 Å². The van der Waals surface area contributed by atoms with Gasteiger partial charge in [-0.05, 0) is 61.5 Å². The first kappa shape index (κ1) is 43.7. The van der Waals surface area contributed by atoms with Gasteiger partial charge in [-0.1, -0.05) is 58.9 Å². The number of rotatable bonds is 18. The molecular weight excluding hydrogens is 724 g/mol. The SMILES string of the molecule is CCC(NC(=O)[C@@H]1C[C@@H](OC(=O)N2CCc3ccccc3C2)CN1C(=O)[C@@H](NC(=O)C(NC(=O)CCCCC(=O)OC)C(C)C)C(C)C)C(=O)C(=O)NC1CC1. The van der Waals surface area contributed by atoms with E-state index in [1.165, 1.54) is 12.0 Å². The molecule has 6 amide bonds. The number of likely N-dealkylation sites (tertiary alicyclic amines) is 1. The molecular formula is C40H58N6O10. The number of carbonyl (C=O) groups excluding carboxylic acids is 8. The van der Waals surface area contributed by atoms with Gasteiger partial charge < -0.3 is 40.5 Å². The Kier molecular flexibility index (Phi) is 15.8. The Morgan fingerprint density at radius 1 is 0.857 bits per heavy atom. The molecule has 16 heteroatoms. The molecule has 1 saturated carbocycles. The monoisotopic (exact) mass is 782 g/mol. The number of hydrogen-bond donors (Lipinski definition) is 4. The summed E-state index contributed by atoms with van der Waals surface area (Å²) in [6.45, 7) is 9.25. The van der Waals surface area contributed by atoms with Gasteiger partial charge in [0.15, 0.2) is 0 Å². The van der Waals surface area contributed by atoms with Crippen molar-refractivity contribution in [1.82, 2.24) is 31.1 Å². The number of esters is 1. The van der Waals surface area contributed by atoms with Crippen LogP contribution in [0.4, 0.5) is 4.79 Å². The summed E-state index contributed by atoms with van der Waals surface area (Å²) in [6, 6.07) is 3.28. The van der Waals surface area contributed by atoms with Crippen molar-refractivity contribution in [3.8, 4) is 0 Å². The van der Waals surface area contributed by atoms with E-state index in [0.717, 1.165) is 24.0 Å². The van der Waals surface area contributed by atoms with Gasteiger partial charge in [0.1, 0.15) is 24.2 Å². The molecule has 2 aliphatic heterocycles. The van der Waals surface area contributed by atoms with Gasteiger partial charge in [-0.25, -0.2) is 4.79 Å². The highest BCUT2D eigenvalue weighted by molar-refractivity contribution is 6.38. The van der Waals surface area contributed by atoms with Crippen LogP contribution in [0.1, 0.15) is 97.1 Å². The number of carbonyl (C=O) groups is 8. The fourth-order valence-electron chi connectivity index (χ4n) is 6.88. The van der Waals surface area contributed by atoms with Gasteiger partial charge >= 0.3 is 12.1 Å². The molecule has 0 bridgehead atoms. The fourth-order valence-corrected chi connectivity index (χ4v) is 6.88. The summed E-state index contributed by atoms with van der Waals surface area (Å²) < 4.78 is 10.5. The smallest absolute Gasteiger partial charge is 0.410 e. The van der Waals surface area contributed by atoms with Gasteiger partial charge in [0, 0.05) is 38.4 Å². The van der Waals surface area contributed by atoms with Gasteiger partial charge in [0.2, 0.25) is 29.4 Å². The van der Waals surface area contributed by atoms with Crippen molar-refractivity contribution in [2.75, 3.05) is 20.2 Å². The zero-order chi connectivity index (χ0) is 41.1. The van der Waals surface area contributed by atoms with Gasteiger partial charge in [0.25, 0.3) is 5.91 Å². The highest BCUT2D eigenvalue weighted by Crippen LogP contribution is 2.26. The molecule has 4 N–H and O–H groups in total. The first-order valence-corrected chi connectivity index (χ1v) is 19.8. The second-order valence-electron chi connectivity index (χ2n) is 15.6. The number of ketones is 1. The lowest BCUT2D eigenvalue weighted by Gasteiger charge is -2.32. The van der Waals surface area contributed by atoms with E-state index < -0.39 is 71.7 Å². The number of methoxy groups -OCH3 is 1. The van der Waals surface area contributed by atoms with Crippen molar-refractivity contribution in [3.05, 3.63) is 35.4 Å². The van der Waals surface area contributed by atoms with E-state index in [2.05, 4.69) is 26.0 Å². The third-order valence-corrected chi connectivity index (χ3v) is 10.4. The summed E-state index contributed by atoms with van der Waals surface area (Å²) in [5.74, 6) is -5.07. The molecule has 4 rings (SSSR count). The van der Waals surface area contributed by atoms with Crippen LogP contribution in [-0.2, 0) is 56.0 Å². The molecule has 1 aliphatic carbocycles. The lowest BCUT2D eigenvalue weighted by molar-refractivity contribution is -0.144. The first-order valence-electron chi connectivity index (χ1n) is 19.8. The standard InChI is InChI=1S/C40H58N6O10/c1-7-29(35(49)38(52)41-27-16-17-27)42-36(50)30-20-28(56-40(54)45-19-18-25-12-8-9-13-26(25)21-45)22-46(30)39(53)34(24(4)5)44-37(51)33(23(2)3)43-31(47)14-10-11-15-32(48)55-6/h8-9,12-13,23-24,27-30,33-34H,7,10-11,14-22H2,1-6H3,(H,41,52)(H,42,50)(H,43,47)(H,44,51)/t28-,29?,30+,33?,34+/m1/s1. The number of unbranched alkanes of at least 4 members (excludes halogenated alkanes) is 1. The van der Waals surface area contributed by atoms with E-state index in [9.17, 15) is 38.4 Å². The second kappa shape index (κ2) is 20.2. The molecule has 2 fully saturated rings. The third kappa shape index (κ3) is 12.0. The van der Waals surface area contributed by atoms with Crippen molar-refractivity contribution in [3.63, 3.8) is 0 Å². The van der Waals surface area contributed by atoms with Crippen molar-refractivity contribution in [1.29, 1.82) is 0 Å². The Balaban J connectivity index is 1.49. The van der Waals surface area contributed by atoms with Crippen LogP contribution >= 0.6 is 0 Å². The number of Topliss-reactive ketones (excluding diaryl/α,β-unsaturated/α-hetero) is 1. The van der Waals surface area contributed by atoms with Gasteiger partial charge in [-0.3, -0.25) is 33.6 Å². The van der Waals surface area contributed by atoms with Crippen molar-refractivity contribution < 1.29 is 47.8 Å². The van der Waals surface area contributed by atoms with Crippen molar-refractivity contribution >= 4 is 47.4 Å². The van der Waals surface area contributed by atoms with Gasteiger partial charge in [0.05, 0.1) is 19.7 Å². The summed E-state index contributed by atoms with van der Waals surface area (Å²) in [5.41, 5.74) is 2.15.